The molecule has 4 aromatic rings. The molecule has 0 heterocycles. The first-order chi connectivity index (χ1) is 21.2. The zero-order valence-corrected chi connectivity index (χ0v) is 26.6. The third-order valence-corrected chi connectivity index (χ3v) is 9.74. The van der Waals surface area contributed by atoms with E-state index in [1.54, 1.807) is 20.8 Å². The molecule has 256 valence electrons. The van der Waals surface area contributed by atoms with Gasteiger partial charge in [-0.05, 0) is 63.6 Å². The van der Waals surface area contributed by atoms with E-state index in [-0.39, 0.29) is 25.7 Å². The number of esters is 1. The minimum Gasteiger partial charge on any atom is -0.744 e. The molecule has 0 saturated heterocycles. The number of ether oxygens (including phenoxy) is 2. The van der Waals surface area contributed by atoms with Crippen molar-refractivity contribution in [2.45, 2.75) is 68.6 Å². The molecule has 0 fully saturated rings. The summed E-state index contributed by atoms with van der Waals surface area (Å²) in [6, 6.07) is 30.4. The monoisotopic (exact) mass is 696 g/mol. The van der Waals surface area contributed by atoms with E-state index in [1.165, 1.54) is 20.2 Å². The van der Waals surface area contributed by atoms with Gasteiger partial charge in [-0.2, -0.15) is 8.78 Å². The van der Waals surface area contributed by atoms with Crippen LogP contribution in [0.2, 0.25) is 0 Å². The van der Waals surface area contributed by atoms with Crippen molar-refractivity contribution in [2.75, 3.05) is 13.2 Å². The van der Waals surface area contributed by atoms with Gasteiger partial charge in [0, 0.05) is 0 Å². The molecule has 12 heteroatoms. The predicted octanol–water partition coefficient (Wildman–Crippen LogP) is 8.87. The Balaban J connectivity index is 0.000000459. The average molecular weight is 697 g/mol. The van der Waals surface area contributed by atoms with Gasteiger partial charge >= 0.3 is 5.97 Å². The Morgan fingerprint density at radius 3 is 1.57 bits per heavy atom. The first kappa shape index (κ1) is 41.2. The molecule has 0 aliphatic carbocycles. The predicted molar refractivity (Wildman–Crippen MR) is 174 cm³/mol. The van der Waals surface area contributed by atoms with Gasteiger partial charge in [-0.3, -0.25) is 4.79 Å². The van der Waals surface area contributed by atoms with Crippen LogP contribution >= 0.6 is 0 Å². The number of carbonyl (C=O) groups is 1. The molecule has 0 spiro atoms. The van der Waals surface area contributed by atoms with Crippen LogP contribution in [0.5, 0.6) is 5.75 Å². The highest BCUT2D eigenvalue weighted by Crippen LogP contribution is 2.33. The Kier molecular flexibility index (Phi) is 15.7. The van der Waals surface area contributed by atoms with Crippen LogP contribution in [-0.2, 0) is 30.5 Å². The molecule has 0 amide bonds. The molecule has 0 aliphatic heterocycles. The van der Waals surface area contributed by atoms with E-state index < -0.39 is 68.6 Å². The lowest BCUT2D eigenvalue weighted by atomic mass is 9.91. The highest BCUT2D eigenvalue weighted by molar-refractivity contribution is 7.97. The normalized spacial score (nSPS) is 11.0. The SMILES string of the molecule is C.C.CCC(C)(C)C(=O)OCCOc1c(F)c(F)c(S(=O)(=O)[O-])c(F)c1F.Cc1ccc([S+](c2ccccc2)c2ccccc2)cc1. The van der Waals surface area contributed by atoms with Crippen molar-refractivity contribution in [3.05, 3.63) is 114 Å². The fraction of sp³-hybridized carbons (Fsp3) is 0.286. The fourth-order valence-corrected chi connectivity index (χ4v) is 6.45. The highest BCUT2D eigenvalue weighted by Gasteiger charge is 2.31. The molecule has 0 radical (unpaired) electrons. The number of halogens is 4. The number of rotatable bonds is 10. The van der Waals surface area contributed by atoms with Crippen LogP contribution in [0.25, 0.3) is 0 Å². The molecule has 0 saturated carbocycles. The Morgan fingerprint density at radius 2 is 1.17 bits per heavy atom. The summed E-state index contributed by atoms with van der Waals surface area (Å²) >= 11 is 0. The van der Waals surface area contributed by atoms with E-state index in [0.29, 0.717) is 6.42 Å². The van der Waals surface area contributed by atoms with Gasteiger partial charge in [0.1, 0.15) is 28.2 Å². The van der Waals surface area contributed by atoms with Crippen molar-refractivity contribution in [1.82, 2.24) is 0 Å². The second-order valence-electron chi connectivity index (χ2n) is 10.3. The Morgan fingerprint density at radius 1 is 0.745 bits per heavy atom. The summed E-state index contributed by atoms with van der Waals surface area (Å²) in [6.45, 7) is 5.92. The van der Waals surface area contributed by atoms with Gasteiger partial charge in [0.25, 0.3) is 0 Å². The van der Waals surface area contributed by atoms with E-state index >= 15 is 0 Å². The van der Waals surface area contributed by atoms with Crippen LogP contribution in [0.15, 0.2) is 105 Å². The maximum atomic E-state index is 13.6. The van der Waals surface area contributed by atoms with E-state index in [1.807, 2.05) is 0 Å². The topological polar surface area (TPSA) is 92.7 Å². The molecule has 0 N–H and O–H groups in total. The molecular weight excluding hydrogens is 657 g/mol. The summed E-state index contributed by atoms with van der Waals surface area (Å²) < 4.78 is 95.6. The van der Waals surface area contributed by atoms with E-state index in [0.717, 1.165) is 0 Å². The van der Waals surface area contributed by atoms with Crippen molar-refractivity contribution in [1.29, 1.82) is 0 Å². The van der Waals surface area contributed by atoms with Crippen molar-refractivity contribution >= 4 is 27.0 Å². The van der Waals surface area contributed by atoms with Crippen LogP contribution in [0.3, 0.4) is 0 Å². The molecule has 47 heavy (non-hydrogen) atoms. The average Bonchev–Trinajstić information content (AvgIpc) is 3.01. The van der Waals surface area contributed by atoms with Gasteiger partial charge in [0.15, 0.2) is 32.1 Å². The lowest BCUT2D eigenvalue weighted by Crippen LogP contribution is -2.27. The lowest BCUT2D eigenvalue weighted by Gasteiger charge is -2.20. The van der Waals surface area contributed by atoms with Crippen molar-refractivity contribution in [3.63, 3.8) is 0 Å². The lowest BCUT2D eigenvalue weighted by molar-refractivity contribution is -0.154. The van der Waals surface area contributed by atoms with E-state index in [2.05, 4.69) is 96.6 Å². The number of hydrogen-bond acceptors (Lipinski definition) is 6. The molecule has 0 aromatic heterocycles. The third kappa shape index (κ3) is 10.6. The molecule has 6 nitrogen and oxygen atoms in total. The molecule has 4 rings (SSSR count). The van der Waals surface area contributed by atoms with Gasteiger partial charge in [-0.25, -0.2) is 17.2 Å². The molecule has 0 aliphatic rings. The van der Waals surface area contributed by atoms with Gasteiger partial charge < -0.3 is 14.0 Å². The van der Waals surface area contributed by atoms with Gasteiger partial charge in [-0.15, -0.1) is 0 Å². The molecular formula is C35H40F4O6S2. The fourth-order valence-electron chi connectivity index (χ4n) is 3.75. The summed E-state index contributed by atoms with van der Waals surface area (Å²) in [5.74, 6) is -11.3. The molecule has 0 bridgehead atoms. The largest absolute Gasteiger partial charge is 0.744 e. The number of carbonyl (C=O) groups excluding carboxylic acids is 1. The summed E-state index contributed by atoms with van der Waals surface area (Å²) in [7, 11) is -5.81. The van der Waals surface area contributed by atoms with E-state index in [9.17, 15) is 35.3 Å². The molecule has 0 atom stereocenters. The Labute approximate surface area is 277 Å². The quantitative estimate of drug-likeness (QED) is 0.0411. The van der Waals surface area contributed by atoms with Gasteiger partial charge in [0.2, 0.25) is 11.6 Å². The number of hydrogen-bond donors (Lipinski definition) is 0. The summed E-state index contributed by atoms with van der Waals surface area (Å²) in [5.41, 5.74) is 0.497. The van der Waals surface area contributed by atoms with Crippen molar-refractivity contribution < 1.29 is 44.8 Å². The third-order valence-electron chi connectivity index (χ3n) is 6.65. The van der Waals surface area contributed by atoms with Gasteiger partial charge in [0.05, 0.1) is 16.3 Å². The zero-order valence-electron chi connectivity index (χ0n) is 25.0. The van der Waals surface area contributed by atoms with Crippen LogP contribution in [0.1, 0.15) is 47.6 Å². The Bertz CT molecular complexity index is 1630. The van der Waals surface area contributed by atoms with Gasteiger partial charge in [-0.1, -0.05) is 75.9 Å². The molecule has 4 aromatic carbocycles. The first-order valence-corrected chi connectivity index (χ1v) is 16.3. The summed E-state index contributed by atoms with van der Waals surface area (Å²) in [6.07, 6.45) is 0.456. The smallest absolute Gasteiger partial charge is 0.311 e. The van der Waals surface area contributed by atoms with Crippen molar-refractivity contribution in [3.8, 4) is 5.75 Å². The number of benzene rings is 4. The maximum Gasteiger partial charge on any atom is 0.311 e. The zero-order chi connectivity index (χ0) is 33.4. The summed E-state index contributed by atoms with van der Waals surface area (Å²) in [5, 5.41) is 0. The minimum absolute atomic E-state index is 0. The maximum absolute atomic E-state index is 13.6. The second-order valence-corrected chi connectivity index (χ2v) is 13.7. The van der Waals surface area contributed by atoms with E-state index in [4.69, 9.17) is 4.74 Å². The Hall–Kier alpha value is -3.87. The number of aryl methyl sites for hydroxylation is 1. The first-order valence-electron chi connectivity index (χ1n) is 13.7. The van der Waals surface area contributed by atoms with Crippen LogP contribution in [-0.4, -0.2) is 32.2 Å². The minimum atomic E-state index is -5.79. The van der Waals surface area contributed by atoms with Crippen LogP contribution in [0, 0.1) is 35.6 Å². The molecule has 0 unspecified atom stereocenters. The van der Waals surface area contributed by atoms with Crippen LogP contribution < -0.4 is 4.74 Å². The second kappa shape index (κ2) is 17.9. The standard InChI is InChI=1S/C19H17S.C14H16F4O6S.2CH4/c1-16-12-14-19(15-13-16)20(17-8-4-2-5-9-17)18-10-6-3-7-11-18;1-4-14(2,3)13(19)24-6-5-23-11-7(15)9(17)12(25(20,21)22)10(18)8(11)16;;/h2-15H,1H3;4-6H2,1-3H3,(H,20,21,22);2*1H4/q+1;;;/p-1. The highest BCUT2D eigenvalue weighted by atomic mass is 32.2. The van der Waals surface area contributed by atoms with Crippen molar-refractivity contribution in [2.24, 2.45) is 5.41 Å². The van der Waals surface area contributed by atoms with Crippen LogP contribution in [0.4, 0.5) is 17.6 Å². The summed E-state index contributed by atoms with van der Waals surface area (Å²) in [4.78, 5) is 13.5.